The molecule has 0 aliphatic rings. The van der Waals surface area contributed by atoms with Gasteiger partial charge in [0, 0.05) is 6.20 Å². The molecular weight excluding hydrogens is 330 g/mol. The molecule has 0 bridgehead atoms. The predicted octanol–water partition coefficient (Wildman–Crippen LogP) is 1.07. The number of carbonyl (C=O) groups is 1. The summed E-state index contributed by atoms with van der Waals surface area (Å²) in [5, 5.41) is 2.64. The van der Waals surface area contributed by atoms with Gasteiger partial charge in [0.25, 0.3) is 0 Å². The molecule has 0 aliphatic carbocycles. The van der Waals surface area contributed by atoms with E-state index in [1.807, 2.05) is 6.07 Å². The van der Waals surface area contributed by atoms with E-state index < -0.39 is 22.0 Å². The number of carbonyl (C=O) groups excluding carboxylic acids is 1. The largest absolute Gasteiger partial charge is 0.497 e. The van der Waals surface area contributed by atoms with Crippen molar-refractivity contribution in [3.8, 4) is 5.75 Å². The van der Waals surface area contributed by atoms with Gasteiger partial charge in [-0.15, -0.1) is 0 Å². The highest BCUT2D eigenvalue weighted by Crippen LogP contribution is 2.15. The predicted molar refractivity (Wildman–Crippen MR) is 88.9 cm³/mol. The van der Waals surface area contributed by atoms with Crippen molar-refractivity contribution in [3.63, 3.8) is 0 Å². The zero-order valence-corrected chi connectivity index (χ0v) is 14.2. The maximum absolute atomic E-state index is 12.3. The molecule has 2 N–H and O–H groups in total. The molecule has 1 atom stereocenters. The lowest BCUT2D eigenvalue weighted by atomic mass is 10.3. The summed E-state index contributed by atoms with van der Waals surface area (Å²) in [4.78, 5) is 16.2. The number of hydrogen-bond acceptors (Lipinski definition) is 5. The van der Waals surface area contributed by atoms with Crippen molar-refractivity contribution in [2.45, 2.75) is 24.4 Å². The number of sulfonamides is 1. The van der Waals surface area contributed by atoms with Crippen LogP contribution in [-0.2, 0) is 21.4 Å². The fourth-order valence-corrected chi connectivity index (χ4v) is 3.15. The smallest absolute Gasteiger partial charge is 0.241 e. The van der Waals surface area contributed by atoms with E-state index in [4.69, 9.17) is 4.74 Å². The zero-order chi connectivity index (χ0) is 17.6. The summed E-state index contributed by atoms with van der Waals surface area (Å²) in [6.07, 6.45) is 1.62. The summed E-state index contributed by atoms with van der Waals surface area (Å²) in [5.41, 5.74) is 0.691. The van der Waals surface area contributed by atoms with Crippen molar-refractivity contribution in [1.29, 1.82) is 0 Å². The Kier molecular flexibility index (Phi) is 5.88. The van der Waals surface area contributed by atoms with E-state index in [9.17, 15) is 13.2 Å². The van der Waals surface area contributed by atoms with Gasteiger partial charge in [-0.25, -0.2) is 8.42 Å². The van der Waals surface area contributed by atoms with E-state index in [1.54, 1.807) is 30.5 Å². The van der Waals surface area contributed by atoms with Crippen LogP contribution in [0.25, 0.3) is 0 Å². The number of rotatable bonds is 7. The first-order valence-electron chi connectivity index (χ1n) is 7.26. The number of benzene rings is 1. The Morgan fingerprint density at radius 2 is 1.92 bits per heavy atom. The minimum absolute atomic E-state index is 0.0627. The monoisotopic (exact) mass is 349 g/mol. The average Bonchev–Trinajstić information content (AvgIpc) is 2.60. The lowest BCUT2D eigenvalue weighted by Crippen LogP contribution is -2.44. The summed E-state index contributed by atoms with van der Waals surface area (Å²) < 4.78 is 31.9. The van der Waals surface area contributed by atoms with Crippen molar-refractivity contribution >= 4 is 15.9 Å². The third kappa shape index (κ3) is 4.77. The van der Waals surface area contributed by atoms with E-state index in [-0.39, 0.29) is 11.4 Å². The van der Waals surface area contributed by atoms with Crippen molar-refractivity contribution in [2.75, 3.05) is 7.11 Å². The number of amides is 1. The molecule has 2 rings (SSSR count). The molecule has 1 aromatic carbocycles. The fraction of sp³-hybridized carbons (Fsp3) is 0.250. The topological polar surface area (TPSA) is 97.4 Å². The first kappa shape index (κ1) is 17.9. The average molecular weight is 349 g/mol. The molecule has 1 aromatic heterocycles. The van der Waals surface area contributed by atoms with Crippen molar-refractivity contribution in [2.24, 2.45) is 0 Å². The highest BCUT2D eigenvalue weighted by atomic mass is 32.2. The molecule has 0 radical (unpaired) electrons. The van der Waals surface area contributed by atoms with Crippen LogP contribution in [-0.4, -0.2) is 32.5 Å². The van der Waals surface area contributed by atoms with Crippen LogP contribution in [0, 0.1) is 0 Å². The molecule has 0 saturated heterocycles. The fourth-order valence-electron chi connectivity index (χ4n) is 1.94. The SMILES string of the molecule is COc1ccc(S(=O)(=O)N[C@H](C)C(=O)NCc2ccccn2)cc1. The van der Waals surface area contributed by atoms with Crippen LogP contribution in [0.4, 0.5) is 0 Å². The van der Waals surface area contributed by atoms with Gasteiger partial charge >= 0.3 is 0 Å². The van der Waals surface area contributed by atoms with E-state index in [0.717, 1.165) is 0 Å². The van der Waals surface area contributed by atoms with Gasteiger partial charge in [-0.2, -0.15) is 4.72 Å². The first-order chi connectivity index (χ1) is 11.4. The molecule has 0 saturated carbocycles. The molecule has 1 heterocycles. The quantitative estimate of drug-likeness (QED) is 0.779. The minimum Gasteiger partial charge on any atom is -0.497 e. The van der Waals surface area contributed by atoms with Gasteiger partial charge in [-0.05, 0) is 43.3 Å². The van der Waals surface area contributed by atoms with Gasteiger partial charge in [0.2, 0.25) is 15.9 Å². The molecule has 24 heavy (non-hydrogen) atoms. The second kappa shape index (κ2) is 7.89. The maximum Gasteiger partial charge on any atom is 0.241 e. The molecule has 2 aromatic rings. The first-order valence-corrected chi connectivity index (χ1v) is 8.74. The zero-order valence-electron chi connectivity index (χ0n) is 13.4. The molecule has 7 nitrogen and oxygen atoms in total. The van der Waals surface area contributed by atoms with Crippen molar-refractivity contribution < 1.29 is 17.9 Å². The van der Waals surface area contributed by atoms with Gasteiger partial charge in [-0.3, -0.25) is 9.78 Å². The third-order valence-electron chi connectivity index (χ3n) is 3.26. The Hall–Kier alpha value is -2.45. The Labute approximate surface area is 141 Å². The van der Waals surface area contributed by atoms with Crippen LogP contribution in [0.15, 0.2) is 53.6 Å². The van der Waals surface area contributed by atoms with Gasteiger partial charge < -0.3 is 10.1 Å². The second-order valence-electron chi connectivity index (χ2n) is 5.06. The molecule has 128 valence electrons. The normalized spacial score (nSPS) is 12.4. The number of nitrogens with one attached hydrogen (secondary N) is 2. The van der Waals surface area contributed by atoms with Crippen molar-refractivity contribution in [3.05, 3.63) is 54.4 Å². The van der Waals surface area contributed by atoms with Gasteiger partial charge in [0.1, 0.15) is 5.75 Å². The highest BCUT2D eigenvalue weighted by molar-refractivity contribution is 7.89. The van der Waals surface area contributed by atoms with Crippen LogP contribution < -0.4 is 14.8 Å². The van der Waals surface area contributed by atoms with Gasteiger partial charge in [-0.1, -0.05) is 6.07 Å². The Morgan fingerprint density at radius 3 is 2.50 bits per heavy atom. The van der Waals surface area contributed by atoms with Crippen LogP contribution in [0.1, 0.15) is 12.6 Å². The van der Waals surface area contributed by atoms with Crippen LogP contribution in [0.5, 0.6) is 5.75 Å². The Morgan fingerprint density at radius 1 is 1.21 bits per heavy atom. The summed E-state index contributed by atoms with van der Waals surface area (Å²) in [6, 6.07) is 10.4. The minimum atomic E-state index is -3.79. The number of aromatic nitrogens is 1. The molecule has 0 fully saturated rings. The van der Waals surface area contributed by atoms with E-state index in [2.05, 4.69) is 15.0 Å². The lowest BCUT2D eigenvalue weighted by Gasteiger charge is -2.14. The number of pyridine rings is 1. The summed E-state index contributed by atoms with van der Waals surface area (Å²) in [5.74, 6) is 0.118. The maximum atomic E-state index is 12.3. The van der Waals surface area contributed by atoms with Crippen LogP contribution in [0.2, 0.25) is 0 Å². The molecule has 0 aliphatic heterocycles. The molecule has 8 heteroatoms. The van der Waals surface area contributed by atoms with E-state index in [1.165, 1.54) is 26.2 Å². The second-order valence-corrected chi connectivity index (χ2v) is 6.77. The van der Waals surface area contributed by atoms with Crippen molar-refractivity contribution in [1.82, 2.24) is 15.0 Å². The number of ether oxygens (including phenoxy) is 1. The number of hydrogen-bond donors (Lipinski definition) is 2. The number of nitrogens with zero attached hydrogens (tertiary/aromatic N) is 1. The molecular formula is C16H19N3O4S. The Balaban J connectivity index is 1.96. The Bertz CT molecular complexity index is 777. The summed E-state index contributed by atoms with van der Waals surface area (Å²) in [7, 11) is -2.30. The van der Waals surface area contributed by atoms with Gasteiger partial charge in [0.05, 0.1) is 30.3 Å². The summed E-state index contributed by atoms with van der Waals surface area (Å²) >= 11 is 0. The molecule has 0 unspecified atom stereocenters. The number of methoxy groups -OCH3 is 1. The van der Waals surface area contributed by atoms with E-state index >= 15 is 0 Å². The standard InChI is InChI=1S/C16H19N3O4S/c1-12(16(20)18-11-13-5-3-4-10-17-13)19-24(21,22)15-8-6-14(23-2)7-9-15/h3-10,12,19H,11H2,1-2H3,(H,18,20)/t12-/m1/s1. The highest BCUT2D eigenvalue weighted by Gasteiger charge is 2.21. The lowest BCUT2D eigenvalue weighted by molar-refractivity contribution is -0.122. The third-order valence-corrected chi connectivity index (χ3v) is 4.82. The molecule has 1 amide bonds. The van der Waals surface area contributed by atoms with Crippen LogP contribution >= 0.6 is 0 Å². The molecule has 0 spiro atoms. The van der Waals surface area contributed by atoms with E-state index in [0.29, 0.717) is 11.4 Å². The van der Waals surface area contributed by atoms with Gasteiger partial charge in [0.15, 0.2) is 0 Å². The summed E-state index contributed by atoms with van der Waals surface area (Å²) in [6.45, 7) is 1.71. The van der Waals surface area contributed by atoms with Crippen LogP contribution in [0.3, 0.4) is 0 Å².